The standard InChI is InChI=1S/C24H33N5O2/c1-20-6-5-7-21(16-20)19-25-27-23-17-22(29-11-13-30-14-12-29)18-24(26-23)31-15-10-28-8-3-2-4-9-28/h5-7,16-19H,2-4,8-15H2,1H3,(H,26,27). The molecule has 0 saturated carbocycles. The fraction of sp³-hybridized carbons (Fsp3) is 0.500. The maximum Gasteiger partial charge on any atom is 0.217 e. The fourth-order valence-corrected chi connectivity index (χ4v) is 4.01. The third-order valence-corrected chi connectivity index (χ3v) is 5.70. The average molecular weight is 424 g/mol. The number of hydrogen-bond donors (Lipinski definition) is 1. The smallest absolute Gasteiger partial charge is 0.217 e. The molecule has 0 atom stereocenters. The van der Waals surface area contributed by atoms with Gasteiger partial charge in [-0.2, -0.15) is 10.1 Å². The van der Waals surface area contributed by atoms with Gasteiger partial charge in [-0.3, -0.25) is 10.3 Å². The zero-order valence-electron chi connectivity index (χ0n) is 18.4. The molecule has 2 aromatic rings. The van der Waals surface area contributed by atoms with Gasteiger partial charge in [0.1, 0.15) is 6.61 Å². The van der Waals surface area contributed by atoms with Gasteiger partial charge in [-0.1, -0.05) is 36.2 Å². The van der Waals surface area contributed by atoms with E-state index >= 15 is 0 Å². The van der Waals surface area contributed by atoms with E-state index in [0.717, 1.165) is 44.1 Å². The van der Waals surface area contributed by atoms with E-state index in [1.54, 1.807) is 0 Å². The second-order valence-corrected chi connectivity index (χ2v) is 8.18. The number of aryl methyl sites for hydroxylation is 1. The summed E-state index contributed by atoms with van der Waals surface area (Å²) in [6, 6.07) is 12.3. The molecule has 166 valence electrons. The largest absolute Gasteiger partial charge is 0.476 e. The molecule has 1 aromatic carbocycles. The van der Waals surface area contributed by atoms with Crippen LogP contribution in [0.3, 0.4) is 0 Å². The van der Waals surface area contributed by atoms with Crippen molar-refractivity contribution in [3.63, 3.8) is 0 Å². The molecule has 0 radical (unpaired) electrons. The summed E-state index contributed by atoms with van der Waals surface area (Å²) in [6.07, 6.45) is 5.74. The lowest BCUT2D eigenvalue weighted by atomic mass is 10.1. The second-order valence-electron chi connectivity index (χ2n) is 8.18. The lowest BCUT2D eigenvalue weighted by Gasteiger charge is -2.29. The number of benzene rings is 1. The number of nitrogens with one attached hydrogen (secondary N) is 1. The molecule has 7 nitrogen and oxygen atoms in total. The van der Waals surface area contributed by atoms with Gasteiger partial charge in [-0.25, -0.2) is 0 Å². The SMILES string of the molecule is Cc1cccc(C=NNc2cc(N3CCOCC3)cc(OCCN3CCCCC3)n2)c1. The number of hydrogen-bond acceptors (Lipinski definition) is 7. The number of rotatable bonds is 8. The van der Waals surface area contributed by atoms with Crippen LogP contribution in [0.1, 0.15) is 30.4 Å². The summed E-state index contributed by atoms with van der Waals surface area (Å²) in [6.45, 7) is 9.21. The van der Waals surface area contributed by atoms with Crippen LogP contribution in [0.25, 0.3) is 0 Å². The highest BCUT2D eigenvalue weighted by atomic mass is 16.5. The van der Waals surface area contributed by atoms with Crippen molar-refractivity contribution < 1.29 is 9.47 Å². The van der Waals surface area contributed by atoms with Crippen molar-refractivity contribution in [1.82, 2.24) is 9.88 Å². The van der Waals surface area contributed by atoms with E-state index in [2.05, 4.69) is 44.4 Å². The van der Waals surface area contributed by atoms with Crippen molar-refractivity contribution in [1.29, 1.82) is 0 Å². The summed E-state index contributed by atoms with van der Waals surface area (Å²) >= 11 is 0. The first kappa shape index (κ1) is 21.6. The highest BCUT2D eigenvalue weighted by Gasteiger charge is 2.15. The number of piperidine rings is 1. The van der Waals surface area contributed by atoms with Gasteiger partial charge in [-0.05, 0) is 38.4 Å². The first-order valence-corrected chi connectivity index (χ1v) is 11.3. The molecule has 3 heterocycles. The normalized spacial score (nSPS) is 17.8. The zero-order chi connectivity index (χ0) is 21.3. The summed E-state index contributed by atoms with van der Waals surface area (Å²) < 4.78 is 11.6. The molecular formula is C24H33N5O2. The van der Waals surface area contributed by atoms with Gasteiger partial charge in [-0.15, -0.1) is 0 Å². The monoisotopic (exact) mass is 423 g/mol. The number of anilines is 2. The maximum atomic E-state index is 6.06. The van der Waals surface area contributed by atoms with Gasteiger partial charge < -0.3 is 14.4 Å². The van der Waals surface area contributed by atoms with Crippen molar-refractivity contribution in [3.8, 4) is 5.88 Å². The molecule has 1 aromatic heterocycles. The Morgan fingerprint density at radius 2 is 1.94 bits per heavy atom. The van der Waals surface area contributed by atoms with Gasteiger partial charge in [0.05, 0.1) is 19.4 Å². The quantitative estimate of drug-likeness (QED) is 0.518. The van der Waals surface area contributed by atoms with Gasteiger partial charge >= 0.3 is 0 Å². The Morgan fingerprint density at radius 1 is 1.10 bits per heavy atom. The number of nitrogens with zero attached hydrogens (tertiary/aromatic N) is 4. The summed E-state index contributed by atoms with van der Waals surface area (Å²) in [5.74, 6) is 1.31. The Balaban J connectivity index is 1.43. The number of aromatic nitrogens is 1. The van der Waals surface area contributed by atoms with Crippen LogP contribution in [0, 0.1) is 6.92 Å². The summed E-state index contributed by atoms with van der Waals surface area (Å²) in [5, 5.41) is 4.39. The van der Waals surface area contributed by atoms with Crippen molar-refractivity contribution in [2.75, 3.05) is 62.9 Å². The molecule has 0 unspecified atom stereocenters. The molecule has 2 fully saturated rings. The number of ether oxygens (including phenoxy) is 2. The van der Waals surface area contributed by atoms with Crippen LogP contribution in [-0.4, -0.2) is 68.6 Å². The summed E-state index contributed by atoms with van der Waals surface area (Å²) in [4.78, 5) is 9.41. The molecule has 2 aliphatic heterocycles. The topological polar surface area (TPSA) is 62.2 Å². The van der Waals surface area contributed by atoms with Crippen LogP contribution < -0.4 is 15.1 Å². The van der Waals surface area contributed by atoms with E-state index in [4.69, 9.17) is 9.47 Å². The zero-order valence-corrected chi connectivity index (χ0v) is 18.4. The van der Waals surface area contributed by atoms with Crippen LogP contribution in [-0.2, 0) is 4.74 Å². The Kier molecular flexibility index (Phi) is 7.74. The van der Waals surface area contributed by atoms with E-state index in [1.807, 2.05) is 30.5 Å². The fourth-order valence-electron chi connectivity index (χ4n) is 4.01. The van der Waals surface area contributed by atoms with Crippen LogP contribution >= 0.6 is 0 Å². The van der Waals surface area contributed by atoms with E-state index in [9.17, 15) is 0 Å². The van der Waals surface area contributed by atoms with E-state index in [-0.39, 0.29) is 0 Å². The van der Waals surface area contributed by atoms with Crippen molar-refractivity contribution in [2.45, 2.75) is 26.2 Å². The molecule has 2 aliphatic rings. The van der Waals surface area contributed by atoms with Gasteiger partial charge in [0, 0.05) is 37.5 Å². The molecule has 1 N–H and O–H groups in total. The van der Waals surface area contributed by atoms with Crippen molar-refractivity contribution >= 4 is 17.7 Å². The first-order valence-electron chi connectivity index (χ1n) is 11.3. The molecule has 0 amide bonds. The molecular weight excluding hydrogens is 390 g/mol. The lowest BCUT2D eigenvalue weighted by molar-refractivity contribution is 0.122. The molecule has 2 saturated heterocycles. The molecule has 4 rings (SSSR count). The van der Waals surface area contributed by atoms with E-state index in [0.29, 0.717) is 18.3 Å². The van der Waals surface area contributed by atoms with Crippen LogP contribution in [0.2, 0.25) is 0 Å². The Bertz CT molecular complexity index is 861. The highest BCUT2D eigenvalue weighted by Crippen LogP contribution is 2.25. The Labute approximate surface area is 185 Å². The first-order chi connectivity index (χ1) is 15.3. The van der Waals surface area contributed by atoms with Crippen LogP contribution in [0.5, 0.6) is 5.88 Å². The van der Waals surface area contributed by atoms with Crippen LogP contribution in [0.4, 0.5) is 11.5 Å². The minimum Gasteiger partial charge on any atom is -0.476 e. The highest BCUT2D eigenvalue weighted by molar-refractivity contribution is 5.80. The van der Waals surface area contributed by atoms with Crippen molar-refractivity contribution in [2.24, 2.45) is 5.10 Å². The average Bonchev–Trinajstić information content (AvgIpc) is 2.80. The molecule has 0 aliphatic carbocycles. The minimum atomic E-state index is 0.634. The maximum absolute atomic E-state index is 6.06. The van der Waals surface area contributed by atoms with E-state index < -0.39 is 0 Å². The number of pyridine rings is 1. The van der Waals surface area contributed by atoms with Gasteiger partial charge in [0.2, 0.25) is 5.88 Å². The van der Waals surface area contributed by atoms with Crippen molar-refractivity contribution in [3.05, 3.63) is 47.5 Å². The summed E-state index contributed by atoms with van der Waals surface area (Å²) in [5.41, 5.74) is 6.43. The molecule has 0 bridgehead atoms. The molecule has 7 heteroatoms. The predicted molar refractivity (Wildman–Crippen MR) is 125 cm³/mol. The molecule has 0 spiro atoms. The van der Waals surface area contributed by atoms with Gasteiger partial charge in [0.15, 0.2) is 5.82 Å². The van der Waals surface area contributed by atoms with Crippen LogP contribution in [0.15, 0.2) is 41.5 Å². The van der Waals surface area contributed by atoms with E-state index in [1.165, 1.54) is 37.9 Å². The third-order valence-electron chi connectivity index (χ3n) is 5.70. The number of likely N-dealkylation sites (tertiary alicyclic amines) is 1. The summed E-state index contributed by atoms with van der Waals surface area (Å²) in [7, 11) is 0. The number of morpholine rings is 1. The lowest BCUT2D eigenvalue weighted by Crippen LogP contribution is -2.36. The third kappa shape index (κ3) is 6.67. The Morgan fingerprint density at radius 3 is 2.74 bits per heavy atom. The second kappa shape index (κ2) is 11.1. The molecule has 31 heavy (non-hydrogen) atoms. The predicted octanol–water partition coefficient (Wildman–Crippen LogP) is 3.54. The Hall–Kier alpha value is -2.64. The number of hydrazone groups is 1. The minimum absolute atomic E-state index is 0.634. The van der Waals surface area contributed by atoms with Gasteiger partial charge in [0.25, 0.3) is 0 Å².